The highest BCUT2D eigenvalue weighted by Crippen LogP contribution is 2.49. The van der Waals surface area contributed by atoms with E-state index in [9.17, 15) is 0 Å². The van der Waals surface area contributed by atoms with Gasteiger partial charge in [-0.05, 0) is 49.3 Å². The van der Waals surface area contributed by atoms with Gasteiger partial charge >= 0.3 is 0 Å². The number of nitrogens with one attached hydrogen (secondary N) is 1. The van der Waals surface area contributed by atoms with Gasteiger partial charge in [0.05, 0.1) is 19.4 Å². The Bertz CT molecular complexity index is 451. The van der Waals surface area contributed by atoms with Crippen LogP contribution in [0.15, 0.2) is 18.5 Å². The molecule has 3 rings (SSSR count). The Labute approximate surface area is 125 Å². The summed E-state index contributed by atoms with van der Waals surface area (Å²) in [5.41, 5.74) is 1.28. The largest absolute Gasteiger partial charge is 0.490 e. The summed E-state index contributed by atoms with van der Waals surface area (Å²) in [7, 11) is 0. The number of hydrogen-bond acceptors (Lipinski definition) is 5. The number of rotatable bonds is 9. The maximum atomic E-state index is 8.67. The molecule has 1 saturated heterocycles. The minimum Gasteiger partial charge on any atom is -0.490 e. The van der Waals surface area contributed by atoms with E-state index in [0.29, 0.717) is 24.5 Å². The van der Waals surface area contributed by atoms with Crippen LogP contribution in [0.25, 0.3) is 0 Å². The second-order valence-corrected chi connectivity index (χ2v) is 5.93. The van der Waals surface area contributed by atoms with E-state index in [1.54, 1.807) is 6.20 Å². The third kappa shape index (κ3) is 4.15. The maximum absolute atomic E-state index is 8.67. The lowest BCUT2D eigenvalue weighted by Gasteiger charge is -2.27. The topological polar surface area (TPSA) is 63.6 Å². The molecule has 3 unspecified atom stereocenters. The van der Waals surface area contributed by atoms with E-state index < -0.39 is 0 Å². The SMILES string of the molecule is OCCOCCC1CC1c1cncc(OCC2CCN2)c1. The van der Waals surface area contributed by atoms with E-state index >= 15 is 0 Å². The van der Waals surface area contributed by atoms with Gasteiger partial charge in [-0.25, -0.2) is 0 Å². The van der Waals surface area contributed by atoms with Gasteiger partial charge in [0.1, 0.15) is 12.4 Å². The van der Waals surface area contributed by atoms with Crippen molar-refractivity contribution in [2.75, 3.05) is 33.0 Å². The first-order valence-electron chi connectivity index (χ1n) is 7.86. The van der Waals surface area contributed by atoms with Crippen LogP contribution in [0.1, 0.15) is 30.7 Å². The highest BCUT2D eigenvalue weighted by atomic mass is 16.5. The number of nitrogens with zero attached hydrogens (tertiary/aromatic N) is 1. The van der Waals surface area contributed by atoms with Crippen LogP contribution < -0.4 is 10.1 Å². The van der Waals surface area contributed by atoms with E-state index in [1.165, 1.54) is 18.4 Å². The van der Waals surface area contributed by atoms with Crippen LogP contribution in [0.4, 0.5) is 0 Å². The van der Waals surface area contributed by atoms with Crippen molar-refractivity contribution in [1.82, 2.24) is 10.3 Å². The molecule has 0 radical (unpaired) electrons. The number of aromatic nitrogens is 1. The molecule has 2 fully saturated rings. The van der Waals surface area contributed by atoms with Gasteiger partial charge in [-0.2, -0.15) is 0 Å². The van der Waals surface area contributed by atoms with Crippen molar-refractivity contribution < 1.29 is 14.6 Å². The van der Waals surface area contributed by atoms with Crippen molar-refractivity contribution >= 4 is 0 Å². The molecule has 1 saturated carbocycles. The Balaban J connectivity index is 1.43. The molecule has 0 spiro atoms. The molecule has 1 aliphatic carbocycles. The molecule has 1 aliphatic heterocycles. The molecular formula is C16H24N2O3. The fourth-order valence-corrected chi connectivity index (χ4v) is 2.78. The smallest absolute Gasteiger partial charge is 0.137 e. The normalized spacial score (nSPS) is 27.2. The van der Waals surface area contributed by atoms with Gasteiger partial charge in [-0.3, -0.25) is 4.98 Å². The summed E-state index contributed by atoms with van der Waals surface area (Å²) in [5, 5.41) is 12.0. The van der Waals surface area contributed by atoms with Crippen molar-refractivity contribution in [3.63, 3.8) is 0 Å². The van der Waals surface area contributed by atoms with E-state index in [0.717, 1.165) is 31.9 Å². The zero-order chi connectivity index (χ0) is 14.5. The van der Waals surface area contributed by atoms with Crippen LogP contribution in [-0.4, -0.2) is 49.1 Å². The molecule has 2 N–H and O–H groups in total. The third-order valence-corrected chi connectivity index (χ3v) is 4.33. The summed E-state index contributed by atoms with van der Waals surface area (Å²) in [6.07, 6.45) is 7.21. The van der Waals surface area contributed by atoms with E-state index in [-0.39, 0.29) is 6.61 Å². The number of aliphatic hydroxyl groups is 1. The van der Waals surface area contributed by atoms with Gasteiger partial charge in [0.2, 0.25) is 0 Å². The van der Waals surface area contributed by atoms with Gasteiger partial charge in [0.15, 0.2) is 0 Å². The second kappa shape index (κ2) is 7.20. The fraction of sp³-hybridized carbons (Fsp3) is 0.688. The second-order valence-electron chi connectivity index (χ2n) is 5.93. The molecule has 0 aromatic carbocycles. The van der Waals surface area contributed by atoms with Gasteiger partial charge in [-0.1, -0.05) is 0 Å². The molecule has 1 aromatic rings. The van der Waals surface area contributed by atoms with Crippen molar-refractivity contribution in [2.24, 2.45) is 5.92 Å². The quantitative estimate of drug-likeness (QED) is 0.672. The first-order valence-corrected chi connectivity index (χ1v) is 7.86. The van der Waals surface area contributed by atoms with Crippen LogP contribution in [0.2, 0.25) is 0 Å². The van der Waals surface area contributed by atoms with Crippen LogP contribution in [0.3, 0.4) is 0 Å². The lowest BCUT2D eigenvalue weighted by molar-refractivity contribution is 0.0881. The molecule has 0 bridgehead atoms. The third-order valence-electron chi connectivity index (χ3n) is 4.33. The van der Waals surface area contributed by atoms with E-state index in [2.05, 4.69) is 16.4 Å². The zero-order valence-corrected chi connectivity index (χ0v) is 12.3. The predicted molar refractivity (Wildman–Crippen MR) is 79.5 cm³/mol. The average molecular weight is 292 g/mol. The molecule has 5 nitrogen and oxygen atoms in total. The Kier molecular flexibility index (Phi) is 5.06. The minimum atomic E-state index is 0.104. The summed E-state index contributed by atoms with van der Waals surface area (Å²) in [4.78, 5) is 4.30. The zero-order valence-electron chi connectivity index (χ0n) is 12.3. The van der Waals surface area contributed by atoms with Gasteiger partial charge in [-0.15, -0.1) is 0 Å². The lowest BCUT2D eigenvalue weighted by atomic mass is 10.1. The van der Waals surface area contributed by atoms with Crippen LogP contribution in [0.5, 0.6) is 5.75 Å². The summed E-state index contributed by atoms with van der Waals surface area (Å²) >= 11 is 0. The Hall–Kier alpha value is -1.17. The molecule has 1 aromatic heterocycles. The Morgan fingerprint density at radius 1 is 1.33 bits per heavy atom. The highest BCUT2D eigenvalue weighted by molar-refractivity contribution is 5.30. The molecule has 2 heterocycles. The molecule has 116 valence electrons. The molecule has 2 aliphatic rings. The summed E-state index contributed by atoms with van der Waals surface area (Å²) in [5.74, 6) is 2.16. The standard InChI is InChI=1S/C16H24N2O3/c19-4-6-20-5-2-12-8-16(12)13-7-15(10-17-9-13)21-11-14-1-3-18-14/h7,9-10,12,14,16,18-19H,1-6,8,11H2. The van der Waals surface area contributed by atoms with Crippen molar-refractivity contribution in [2.45, 2.75) is 31.2 Å². The first kappa shape index (κ1) is 14.8. The summed E-state index contributed by atoms with van der Waals surface area (Å²) in [6.45, 7) is 3.12. The summed E-state index contributed by atoms with van der Waals surface area (Å²) < 4.78 is 11.1. The predicted octanol–water partition coefficient (Wildman–Crippen LogP) is 1.32. The molecule has 5 heteroatoms. The highest BCUT2D eigenvalue weighted by Gasteiger charge is 2.38. The van der Waals surface area contributed by atoms with Gasteiger partial charge in [0, 0.05) is 18.8 Å². The van der Waals surface area contributed by atoms with E-state index in [1.807, 2.05) is 6.20 Å². The number of aliphatic hydroxyl groups excluding tert-OH is 1. The van der Waals surface area contributed by atoms with Crippen LogP contribution in [0, 0.1) is 5.92 Å². The maximum Gasteiger partial charge on any atom is 0.137 e. The average Bonchev–Trinajstić information content (AvgIpc) is 3.22. The monoisotopic (exact) mass is 292 g/mol. The summed E-state index contributed by atoms with van der Waals surface area (Å²) in [6, 6.07) is 2.64. The Morgan fingerprint density at radius 2 is 2.24 bits per heavy atom. The molecule has 21 heavy (non-hydrogen) atoms. The number of pyridine rings is 1. The van der Waals surface area contributed by atoms with E-state index in [4.69, 9.17) is 14.6 Å². The molecule has 3 atom stereocenters. The number of hydrogen-bond donors (Lipinski definition) is 2. The van der Waals surface area contributed by atoms with Crippen molar-refractivity contribution in [3.05, 3.63) is 24.0 Å². The van der Waals surface area contributed by atoms with Gasteiger partial charge in [0.25, 0.3) is 0 Å². The number of ether oxygens (including phenoxy) is 2. The van der Waals surface area contributed by atoms with Crippen LogP contribution >= 0.6 is 0 Å². The van der Waals surface area contributed by atoms with Crippen molar-refractivity contribution in [1.29, 1.82) is 0 Å². The molecular weight excluding hydrogens is 268 g/mol. The Morgan fingerprint density at radius 3 is 3.00 bits per heavy atom. The van der Waals surface area contributed by atoms with Crippen LogP contribution in [-0.2, 0) is 4.74 Å². The minimum absolute atomic E-state index is 0.104. The first-order chi connectivity index (χ1) is 10.4. The fourth-order valence-electron chi connectivity index (χ4n) is 2.78. The lowest BCUT2D eigenvalue weighted by Crippen LogP contribution is -2.46. The van der Waals surface area contributed by atoms with Crippen molar-refractivity contribution in [3.8, 4) is 5.75 Å². The molecule has 0 amide bonds. The van der Waals surface area contributed by atoms with Gasteiger partial charge < -0.3 is 19.9 Å².